The molecule has 0 fully saturated rings. The fourth-order valence-electron chi connectivity index (χ4n) is 1.13. The summed E-state index contributed by atoms with van der Waals surface area (Å²) in [5.74, 6) is 0. The molecule has 0 radical (unpaired) electrons. The Morgan fingerprint density at radius 1 is 1.54 bits per heavy atom. The predicted octanol–water partition coefficient (Wildman–Crippen LogP) is 2.13. The lowest BCUT2D eigenvalue weighted by atomic mass is 10.3. The molecule has 0 unspecified atom stereocenters. The van der Waals surface area contributed by atoms with Gasteiger partial charge in [0.1, 0.15) is 0 Å². The second-order valence-electron chi connectivity index (χ2n) is 2.77. The molecule has 68 valence electrons. The van der Waals surface area contributed by atoms with Crippen molar-refractivity contribution in [3.8, 4) is 0 Å². The van der Waals surface area contributed by atoms with Gasteiger partial charge in [-0.25, -0.2) is 4.98 Å². The standard InChI is InChI=1S/C9H11N3S/c1(8-5-10-7-12-8)3-11-9-2-4-13-6-9/h2,4-7,11H,1,3H2,(H,10,12). The van der Waals surface area contributed by atoms with Crippen LogP contribution in [0.1, 0.15) is 5.69 Å². The Hall–Kier alpha value is -1.29. The highest BCUT2D eigenvalue weighted by Crippen LogP contribution is 2.11. The lowest BCUT2D eigenvalue weighted by molar-refractivity contribution is 0.978. The normalized spacial score (nSPS) is 10.2. The van der Waals surface area contributed by atoms with Crippen molar-refractivity contribution in [2.45, 2.75) is 6.42 Å². The lowest BCUT2D eigenvalue weighted by Crippen LogP contribution is -2.03. The molecule has 0 aliphatic carbocycles. The number of H-pyrrole nitrogens is 1. The van der Waals surface area contributed by atoms with Crippen molar-refractivity contribution in [1.82, 2.24) is 9.97 Å². The summed E-state index contributed by atoms with van der Waals surface area (Å²) in [6.45, 7) is 0.943. The Morgan fingerprint density at radius 2 is 2.54 bits per heavy atom. The highest BCUT2D eigenvalue weighted by Gasteiger charge is 1.94. The van der Waals surface area contributed by atoms with Gasteiger partial charge in [0.15, 0.2) is 0 Å². The third-order valence-electron chi connectivity index (χ3n) is 1.80. The van der Waals surface area contributed by atoms with E-state index in [1.54, 1.807) is 17.7 Å². The van der Waals surface area contributed by atoms with E-state index in [0.29, 0.717) is 0 Å². The van der Waals surface area contributed by atoms with Gasteiger partial charge in [-0.05, 0) is 11.4 Å². The second kappa shape index (κ2) is 4.09. The Bertz CT molecular complexity index is 291. The predicted molar refractivity (Wildman–Crippen MR) is 55.1 cm³/mol. The first-order valence-corrected chi connectivity index (χ1v) is 5.13. The average Bonchev–Trinajstić information content (AvgIpc) is 2.75. The smallest absolute Gasteiger partial charge is 0.0921 e. The zero-order chi connectivity index (χ0) is 8.93. The van der Waals surface area contributed by atoms with Crippen molar-refractivity contribution in [2.75, 3.05) is 11.9 Å². The first kappa shape index (κ1) is 8.31. The number of nitrogens with zero attached hydrogens (tertiary/aromatic N) is 1. The van der Waals surface area contributed by atoms with E-state index in [4.69, 9.17) is 0 Å². The highest BCUT2D eigenvalue weighted by molar-refractivity contribution is 7.08. The van der Waals surface area contributed by atoms with Crippen molar-refractivity contribution in [3.05, 3.63) is 35.0 Å². The Labute approximate surface area is 80.8 Å². The van der Waals surface area contributed by atoms with Gasteiger partial charge in [-0.2, -0.15) is 11.3 Å². The number of nitrogens with one attached hydrogen (secondary N) is 2. The summed E-state index contributed by atoms with van der Waals surface area (Å²) in [4.78, 5) is 7.03. The molecule has 0 saturated carbocycles. The SMILES string of the molecule is c1ncc(CCNc2ccsc2)[nH]1. The van der Waals surface area contributed by atoms with Gasteiger partial charge in [0, 0.05) is 35.9 Å². The van der Waals surface area contributed by atoms with Crippen LogP contribution < -0.4 is 5.32 Å². The number of hydrogen-bond donors (Lipinski definition) is 2. The molecule has 2 heterocycles. The minimum atomic E-state index is 0.943. The maximum Gasteiger partial charge on any atom is 0.0921 e. The van der Waals surface area contributed by atoms with E-state index in [2.05, 4.69) is 32.1 Å². The molecule has 0 saturated heterocycles. The number of imidazole rings is 1. The monoisotopic (exact) mass is 193 g/mol. The summed E-state index contributed by atoms with van der Waals surface area (Å²) in [7, 11) is 0. The first-order chi connectivity index (χ1) is 6.45. The van der Waals surface area contributed by atoms with E-state index in [0.717, 1.165) is 13.0 Å². The van der Waals surface area contributed by atoms with E-state index < -0.39 is 0 Å². The van der Waals surface area contributed by atoms with Gasteiger partial charge in [0.05, 0.1) is 6.33 Å². The molecule has 2 N–H and O–H groups in total. The van der Waals surface area contributed by atoms with Crippen LogP contribution in [0.4, 0.5) is 5.69 Å². The number of rotatable bonds is 4. The second-order valence-corrected chi connectivity index (χ2v) is 3.55. The average molecular weight is 193 g/mol. The molecule has 3 nitrogen and oxygen atoms in total. The van der Waals surface area contributed by atoms with Gasteiger partial charge in [-0.1, -0.05) is 0 Å². The third kappa shape index (κ3) is 2.32. The van der Waals surface area contributed by atoms with Crippen LogP contribution in [0.5, 0.6) is 0 Å². The van der Waals surface area contributed by atoms with Gasteiger partial charge in [-0.3, -0.25) is 0 Å². The molecule has 2 aromatic heterocycles. The quantitative estimate of drug-likeness (QED) is 0.781. The molecule has 0 aromatic carbocycles. The summed E-state index contributed by atoms with van der Waals surface area (Å²) >= 11 is 1.70. The molecule has 4 heteroatoms. The van der Waals surface area contributed by atoms with E-state index in [-0.39, 0.29) is 0 Å². The maximum absolute atomic E-state index is 3.96. The van der Waals surface area contributed by atoms with Gasteiger partial charge in [0.25, 0.3) is 0 Å². The van der Waals surface area contributed by atoms with Crippen molar-refractivity contribution in [2.24, 2.45) is 0 Å². The lowest BCUT2D eigenvalue weighted by Gasteiger charge is -2.00. The number of aromatic nitrogens is 2. The van der Waals surface area contributed by atoms with E-state index in [1.807, 2.05) is 6.20 Å². The van der Waals surface area contributed by atoms with Crippen LogP contribution in [0.15, 0.2) is 29.4 Å². The summed E-state index contributed by atoms with van der Waals surface area (Å²) in [5.41, 5.74) is 2.37. The first-order valence-electron chi connectivity index (χ1n) is 4.18. The maximum atomic E-state index is 3.96. The molecule has 0 aliphatic heterocycles. The molecule has 0 amide bonds. The Balaban J connectivity index is 1.76. The van der Waals surface area contributed by atoms with Gasteiger partial charge in [0.2, 0.25) is 0 Å². The number of anilines is 1. The van der Waals surface area contributed by atoms with Gasteiger partial charge >= 0.3 is 0 Å². The van der Waals surface area contributed by atoms with Crippen LogP contribution in [0.2, 0.25) is 0 Å². The fraction of sp³-hybridized carbons (Fsp3) is 0.222. The topological polar surface area (TPSA) is 40.7 Å². The van der Waals surface area contributed by atoms with Crippen LogP contribution >= 0.6 is 11.3 Å². The zero-order valence-corrected chi connectivity index (χ0v) is 7.97. The van der Waals surface area contributed by atoms with Crippen molar-refractivity contribution in [3.63, 3.8) is 0 Å². The molecule has 0 spiro atoms. The van der Waals surface area contributed by atoms with Crippen LogP contribution in [-0.4, -0.2) is 16.5 Å². The molecule has 0 bridgehead atoms. The van der Waals surface area contributed by atoms with E-state index in [9.17, 15) is 0 Å². The van der Waals surface area contributed by atoms with Crippen LogP contribution in [-0.2, 0) is 6.42 Å². The minimum absolute atomic E-state index is 0.943. The Morgan fingerprint density at radius 3 is 3.23 bits per heavy atom. The largest absolute Gasteiger partial charge is 0.384 e. The van der Waals surface area contributed by atoms with Crippen molar-refractivity contribution < 1.29 is 0 Å². The van der Waals surface area contributed by atoms with Crippen molar-refractivity contribution >= 4 is 17.0 Å². The fourth-order valence-corrected chi connectivity index (χ4v) is 1.74. The molecule has 0 aliphatic rings. The van der Waals surface area contributed by atoms with Crippen molar-refractivity contribution in [1.29, 1.82) is 0 Å². The highest BCUT2D eigenvalue weighted by atomic mass is 32.1. The van der Waals surface area contributed by atoms with E-state index in [1.165, 1.54) is 11.4 Å². The molecule has 0 atom stereocenters. The molecular weight excluding hydrogens is 182 g/mol. The van der Waals surface area contributed by atoms with Crippen LogP contribution in [0.3, 0.4) is 0 Å². The minimum Gasteiger partial charge on any atom is -0.384 e. The van der Waals surface area contributed by atoms with Crippen LogP contribution in [0.25, 0.3) is 0 Å². The van der Waals surface area contributed by atoms with Gasteiger partial charge < -0.3 is 10.3 Å². The number of thiophene rings is 1. The number of hydrogen-bond acceptors (Lipinski definition) is 3. The van der Waals surface area contributed by atoms with E-state index >= 15 is 0 Å². The molecule has 2 aromatic rings. The molecule has 2 rings (SSSR count). The van der Waals surface area contributed by atoms with Gasteiger partial charge in [-0.15, -0.1) is 0 Å². The summed E-state index contributed by atoms with van der Waals surface area (Å²) in [6.07, 6.45) is 4.55. The Kier molecular flexibility index (Phi) is 2.62. The molecular formula is C9H11N3S. The molecule has 13 heavy (non-hydrogen) atoms. The number of aromatic amines is 1. The van der Waals surface area contributed by atoms with Crippen LogP contribution in [0, 0.1) is 0 Å². The summed E-state index contributed by atoms with van der Waals surface area (Å²) < 4.78 is 0. The third-order valence-corrected chi connectivity index (χ3v) is 2.48. The summed E-state index contributed by atoms with van der Waals surface area (Å²) in [5, 5.41) is 7.50. The summed E-state index contributed by atoms with van der Waals surface area (Å²) in [6, 6.07) is 2.08. The zero-order valence-electron chi connectivity index (χ0n) is 7.16.